The van der Waals surface area contributed by atoms with Crippen molar-refractivity contribution in [3.05, 3.63) is 24.1 Å². The smallest absolute Gasteiger partial charge is 0.380 e. The molecule has 22 heavy (non-hydrogen) atoms. The van der Waals surface area contributed by atoms with Gasteiger partial charge in [-0.2, -0.15) is 22.0 Å². The van der Waals surface area contributed by atoms with Gasteiger partial charge in [-0.05, 0) is 37.0 Å². The Hall–Kier alpha value is -0.980. The van der Waals surface area contributed by atoms with Gasteiger partial charge in [0.2, 0.25) is 0 Å². The molecule has 2 fully saturated rings. The van der Waals surface area contributed by atoms with Crippen LogP contribution in [0, 0.1) is 17.8 Å². The van der Waals surface area contributed by atoms with Gasteiger partial charge >= 0.3 is 12.3 Å². The van der Waals surface area contributed by atoms with Crippen molar-refractivity contribution in [1.29, 1.82) is 0 Å². The quantitative estimate of drug-likeness (QED) is 0.548. The van der Waals surface area contributed by atoms with Gasteiger partial charge in [-0.1, -0.05) is 18.6 Å². The molecule has 2 bridgehead atoms. The Morgan fingerprint density at radius 1 is 1.09 bits per heavy atom. The molecule has 2 rings (SSSR count). The SMILES string of the molecule is OC(C/C=C/C1CC2CCC1C2)(CC(F)=C(F)F)C(F)(F)F. The predicted octanol–water partition coefficient (Wildman–Crippen LogP) is 5.13. The molecule has 0 aliphatic heterocycles. The molecule has 0 heterocycles. The summed E-state index contributed by atoms with van der Waals surface area (Å²) in [6, 6.07) is 0. The summed E-state index contributed by atoms with van der Waals surface area (Å²) in [4.78, 5) is 0. The minimum atomic E-state index is -5.18. The van der Waals surface area contributed by atoms with Crippen LogP contribution < -0.4 is 0 Å². The van der Waals surface area contributed by atoms with Crippen molar-refractivity contribution in [3.63, 3.8) is 0 Å². The first kappa shape index (κ1) is 17.4. The van der Waals surface area contributed by atoms with Gasteiger partial charge in [0.1, 0.15) is 0 Å². The molecule has 126 valence electrons. The van der Waals surface area contributed by atoms with E-state index in [1.165, 1.54) is 0 Å². The number of rotatable bonds is 5. The van der Waals surface area contributed by atoms with Crippen LogP contribution in [0.15, 0.2) is 24.1 Å². The lowest BCUT2D eigenvalue weighted by atomic mass is 9.87. The molecule has 0 aromatic carbocycles. The van der Waals surface area contributed by atoms with Crippen molar-refractivity contribution < 1.29 is 31.4 Å². The summed E-state index contributed by atoms with van der Waals surface area (Å²) < 4.78 is 75.5. The maximum Gasteiger partial charge on any atom is 0.417 e. The largest absolute Gasteiger partial charge is 0.417 e. The first-order valence-corrected chi connectivity index (χ1v) is 7.28. The van der Waals surface area contributed by atoms with Crippen molar-refractivity contribution in [2.75, 3.05) is 0 Å². The van der Waals surface area contributed by atoms with E-state index in [-0.39, 0.29) is 5.92 Å². The van der Waals surface area contributed by atoms with E-state index in [0.717, 1.165) is 31.8 Å². The number of allylic oxidation sites excluding steroid dienone is 1. The van der Waals surface area contributed by atoms with Gasteiger partial charge in [-0.25, -0.2) is 4.39 Å². The summed E-state index contributed by atoms with van der Waals surface area (Å²) in [5, 5.41) is 9.59. The fourth-order valence-electron chi connectivity index (χ4n) is 3.58. The van der Waals surface area contributed by atoms with E-state index >= 15 is 0 Å². The standard InChI is InChI=1S/C15H18F6O/c16-12(13(17)18)8-14(22,15(19,20)21)5-1-2-10-6-9-3-4-11(10)7-9/h1-2,9-11,22H,3-8H2/b2-1+. The van der Waals surface area contributed by atoms with Crippen LogP contribution in [0.5, 0.6) is 0 Å². The molecule has 2 aliphatic rings. The molecule has 4 atom stereocenters. The fraction of sp³-hybridized carbons (Fsp3) is 0.733. The Morgan fingerprint density at radius 2 is 1.77 bits per heavy atom. The van der Waals surface area contributed by atoms with E-state index in [4.69, 9.17) is 0 Å². The summed E-state index contributed by atoms with van der Waals surface area (Å²) in [6.07, 6.45) is -3.75. The summed E-state index contributed by atoms with van der Waals surface area (Å²) >= 11 is 0. The molecule has 0 spiro atoms. The molecular formula is C15H18F6O. The third kappa shape index (κ3) is 3.67. The topological polar surface area (TPSA) is 20.2 Å². The number of alkyl halides is 3. The van der Waals surface area contributed by atoms with Crippen LogP contribution in [0.4, 0.5) is 26.3 Å². The summed E-state index contributed by atoms with van der Waals surface area (Å²) in [7, 11) is 0. The summed E-state index contributed by atoms with van der Waals surface area (Å²) in [5.74, 6) is -0.981. The lowest BCUT2D eigenvalue weighted by Crippen LogP contribution is -2.45. The van der Waals surface area contributed by atoms with E-state index in [0.29, 0.717) is 11.8 Å². The van der Waals surface area contributed by atoms with Crippen LogP contribution in [-0.4, -0.2) is 16.9 Å². The van der Waals surface area contributed by atoms with Gasteiger partial charge in [0.15, 0.2) is 11.4 Å². The van der Waals surface area contributed by atoms with Crippen molar-refractivity contribution in [2.45, 2.75) is 50.3 Å². The zero-order chi connectivity index (χ0) is 16.5. The highest BCUT2D eigenvalue weighted by Crippen LogP contribution is 2.49. The predicted molar refractivity (Wildman–Crippen MR) is 68.7 cm³/mol. The van der Waals surface area contributed by atoms with Gasteiger partial charge in [0.05, 0.1) is 0 Å². The van der Waals surface area contributed by atoms with Crippen LogP contribution in [0.25, 0.3) is 0 Å². The maximum absolute atomic E-state index is 12.9. The Labute approximate surface area is 124 Å². The zero-order valence-electron chi connectivity index (χ0n) is 11.8. The summed E-state index contributed by atoms with van der Waals surface area (Å²) in [5.41, 5.74) is -3.51. The van der Waals surface area contributed by atoms with Crippen molar-refractivity contribution in [2.24, 2.45) is 17.8 Å². The Bertz CT molecular complexity index is 465. The number of hydrogen-bond acceptors (Lipinski definition) is 1. The Kier molecular flexibility index (Phi) is 4.94. The molecular weight excluding hydrogens is 310 g/mol. The highest BCUT2D eigenvalue weighted by molar-refractivity contribution is 5.07. The monoisotopic (exact) mass is 328 g/mol. The molecule has 0 radical (unpaired) electrons. The molecule has 0 aromatic rings. The Morgan fingerprint density at radius 3 is 2.23 bits per heavy atom. The molecule has 1 N–H and O–H groups in total. The van der Waals surface area contributed by atoms with E-state index in [1.54, 1.807) is 6.08 Å². The van der Waals surface area contributed by atoms with Crippen LogP contribution >= 0.6 is 0 Å². The average molecular weight is 328 g/mol. The second-order valence-corrected chi connectivity index (χ2v) is 6.34. The van der Waals surface area contributed by atoms with Gasteiger partial charge in [-0.15, -0.1) is 0 Å². The minimum Gasteiger partial charge on any atom is -0.380 e. The molecule has 1 nitrogen and oxygen atoms in total. The normalized spacial score (nSPS) is 30.8. The highest BCUT2D eigenvalue weighted by Gasteiger charge is 2.53. The average Bonchev–Trinajstić information content (AvgIpc) is 2.99. The molecule has 2 saturated carbocycles. The van der Waals surface area contributed by atoms with E-state index < -0.39 is 36.5 Å². The zero-order valence-corrected chi connectivity index (χ0v) is 11.8. The molecule has 0 saturated heterocycles. The first-order valence-electron chi connectivity index (χ1n) is 7.28. The van der Waals surface area contributed by atoms with Crippen LogP contribution in [0.3, 0.4) is 0 Å². The third-order valence-electron chi connectivity index (χ3n) is 4.81. The van der Waals surface area contributed by atoms with Gasteiger partial charge in [0, 0.05) is 12.8 Å². The second-order valence-electron chi connectivity index (χ2n) is 6.34. The third-order valence-corrected chi connectivity index (χ3v) is 4.81. The molecule has 4 unspecified atom stereocenters. The maximum atomic E-state index is 12.9. The van der Waals surface area contributed by atoms with Gasteiger partial charge in [-0.3, -0.25) is 0 Å². The minimum absolute atomic E-state index is 0.175. The van der Waals surface area contributed by atoms with E-state index in [9.17, 15) is 31.4 Å². The second kappa shape index (κ2) is 6.26. The number of halogens is 6. The molecule has 0 amide bonds. The van der Waals surface area contributed by atoms with Gasteiger partial charge < -0.3 is 5.11 Å². The molecule has 2 aliphatic carbocycles. The van der Waals surface area contributed by atoms with Crippen molar-refractivity contribution in [3.8, 4) is 0 Å². The van der Waals surface area contributed by atoms with E-state index in [1.807, 2.05) is 0 Å². The summed E-state index contributed by atoms with van der Waals surface area (Å²) in [6.45, 7) is 0. The van der Waals surface area contributed by atoms with Crippen LogP contribution in [0.2, 0.25) is 0 Å². The van der Waals surface area contributed by atoms with E-state index in [2.05, 4.69) is 0 Å². The van der Waals surface area contributed by atoms with Gasteiger partial charge in [0.25, 0.3) is 0 Å². The van der Waals surface area contributed by atoms with Crippen molar-refractivity contribution >= 4 is 0 Å². The molecule has 7 heteroatoms. The van der Waals surface area contributed by atoms with Crippen LogP contribution in [-0.2, 0) is 0 Å². The lowest BCUT2D eigenvalue weighted by molar-refractivity contribution is -0.259. The van der Waals surface area contributed by atoms with Crippen molar-refractivity contribution in [1.82, 2.24) is 0 Å². The van der Waals surface area contributed by atoms with Crippen LogP contribution in [0.1, 0.15) is 38.5 Å². The highest BCUT2D eigenvalue weighted by atomic mass is 19.4. The Balaban J connectivity index is 2.02. The number of hydrogen-bond donors (Lipinski definition) is 1. The number of fused-ring (bicyclic) bond motifs is 2. The fourth-order valence-corrected chi connectivity index (χ4v) is 3.58. The molecule has 0 aromatic heterocycles. The lowest BCUT2D eigenvalue weighted by Gasteiger charge is -2.29. The first-order chi connectivity index (χ1) is 10.1. The number of aliphatic hydroxyl groups is 1.